The lowest BCUT2D eigenvalue weighted by atomic mass is 9.92. The highest BCUT2D eigenvalue weighted by Gasteiger charge is 2.29. The van der Waals surface area contributed by atoms with Crippen LogP contribution in [0.1, 0.15) is 58.3 Å². The Morgan fingerprint density at radius 2 is 2.00 bits per heavy atom. The first-order valence-electron chi connectivity index (χ1n) is 7.87. The van der Waals surface area contributed by atoms with Crippen LogP contribution in [-0.2, 0) is 4.79 Å². The number of carbonyl (C=O) groups is 1. The quantitative estimate of drug-likeness (QED) is 0.821. The molecule has 1 aliphatic heterocycles. The number of nitrogens with one attached hydrogen (secondary N) is 1. The molecule has 0 aromatic carbocycles. The molecular weight excluding hydrogens is 240 g/mol. The minimum atomic E-state index is -0.677. The van der Waals surface area contributed by atoms with Crippen LogP contribution in [-0.4, -0.2) is 47.2 Å². The second-order valence-corrected chi connectivity index (χ2v) is 6.21. The molecule has 2 rings (SSSR count). The van der Waals surface area contributed by atoms with Gasteiger partial charge in [-0.1, -0.05) is 19.3 Å². The van der Waals surface area contributed by atoms with E-state index in [1.54, 1.807) is 0 Å². The maximum absolute atomic E-state index is 10.7. The van der Waals surface area contributed by atoms with Crippen molar-refractivity contribution in [2.45, 2.75) is 76.4 Å². The fourth-order valence-electron chi connectivity index (χ4n) is 3.57. The van der Waals surface area contributed by atoms with E-state index in [0.29, 0.717) is 12.1 Å². The molecule has 0 amide bonds. The van der Waals surface area contributed by atoms with Crippen molar-refractivity contribution in [1.29, 1.82) is 0 Å². The number of aliphatic carboxylic acids is 1. The predicted molar refractivity (Wildman–Crippen MR) is 76.3 cm³/mol. The zero-order valence-corrected chi connectivity index (χ0v) is 12.1. The van der Waals surface area contributed by atoms with E-state index in [-0.39, 0.29) is 6.42 Å². The highest BCUT2D eigenvalue weighted by molar-refractivity contribution is 5.66. The standard InChI is InChI=1S/C15H28N2O2/c1-12-9-10-16-13(7-8-15(18)19)11-17(12)14-5-3-2-4-6-14/h12-14,16H,2-11H2,1H3,(H,18,19). The molecule has 1 aliphatic carbocycles. The Balaban J connectivity index is 1.92. The molecule has 1 saturated carbocycles. The van der Waals surface area contributed by atoms with Crippen LogP contribution in [0, 0.1) is 0 Å². The van der Waals surface area contributed by atoms with Crippen LogP contribution < -0.4 is 5.32 Å². The van der Waals surface area contributed by atoms with Gasteiger partial charge < -0.3 is 10.4 Å². The molecule has 4 heteroatoms. The van der Waals surface area contributed by atoms with Gasteiger partial charge in [-0.25, -0.2) is 0 Å². The summed E-state index contributed by atoms with van der Waals surface area (Å²) in [4.78, 5) is 13.4. The van der Waals surface area contributed by atoms with E-state index in [9.17, 15) is 4.79 Å². The van der Waals surface area contributed by atoms with Gasteiger partial charge in [-0.3, -0.25) is 9.69 Å². The average Bonchev–Trinajstić information content (AvgIpc) is 2.59. The zero-order chi connectivity index (χ0) is 13.7. The van der Waals surface area contributed by atoms with Gasteiger partial charge in [-0.15, -0.1) is 0 Å². The topological polar surface area (TPSA) is 52.6 Å². The first-order chi connectivity index (χ1) is 9.16. The van der Waals surface area contributed by atoms with Gasteiger partial charge in [0.2, 0.25) is 0 Å². The molecule has 4 nitrogen and oxygen atoms in total. The summed E-state index contributed by atoms with van der Waals surface area (Å²) in [6.45, 7) is 4.38. The van der Waals surface area contributed by atoms with Crippen LogP contribution in [0.2, 0.25) is 0 Å². The summed E-state index contributed by atoms with van der Waals surface area (Å²) in [6.07, 6.45) is 8.99. The summed E-state index contributed by atoms with van der Waals surface area (Å²) in [7, 11) is 0. The Bertz CT molecular complexity index is 290. The summed E-state index contributed by atoms with van der Waals surface area (Å²) in [6, 6.07) is 1.71. The second-order valence-electron chi connectivity index (χ2n) is 6.21. The third-order valence-electron chi connectivity index (χ3n) is 4.74. The van der Waals surface area contributed by atoms with E-state index < -0.39 is 5.97 Å². The molecule has 0 aromatic rings. The smallest absolute Gasteiger partial charge is 0.303 e. The van der Waals surface area contributed by atoms with Gasteiger partial charge in [-0.2, -0.15) is 0 Å². The predicted octanol–water partition coefficient (Wildman–Crippen LogP) is 2.24. The summed E-state index contributed by atoms with van der Waals surface area (Å²) in [5.41, 5.74) is 0. The van der Waals surface area contributed by atoms with Crippen LogP contribution >= 0.6 is 0 Å². The highest BCUT2D eigenvalue weighted by Crippen LogP contribution is 2.26. The zero-order valence-electron chi connectivity index (χ0n) is 12.1. The first-order valence-corrected chi connectivity index (χ1v) is 7.87. The molecule has 0 radical (unpaired) electrons. The highest BCUT2D eigenvalue weighted by atomic mass is 16.4. The number of hydrogen-bond acceptors (Lipinski definition) is 3. The van der Waals surface area contributed by atoms with E-state index >= 15 is 0 Å². The van der Waals surface area contributed by atoms with E-state index in [0.717, 1.165) is 25.6 Å². The monoisotopic (exact) mass is 268 g/mol. The summed E-state index contributed by atoms with van der Waals surface area (Å²) in [5, 5.41) is 12.4. The minimum absolute atomic E-state index is 0.282. The van der Waals surface area contributed by atoms with Gasteiger partial charge in [0.1, 0.15) is 0 Å². The second kappa shape index (κ2) is 7.25. The molecule has 2 fully saturated rings. The minimum Gasteiger partial charge on any atom is -0.481 e. The first kappa shape index (κ1) is 14.8. The van der Waals surface area contributed by atoms with Gasteiger partial charge in [0.05, 0.1) is 0 Å². The summed E-state index contributed by atoms with van der Waals surface area (Å²) >= 11 is 0. The third-order valence-corrected chi connectivity index (χ3v) is 4.74. The number of rotatable bonds is 4. The molecule has 19 heavy (non-hydrogen) atoms. The number of carboxylic acids is 1. The fourth-order valence-corrected chi connectivity index (χ4v) is 3.57. The van der Waals surface area contributed by atoms with Crippen molar-refractivity contribution < 1.29 is 9.90 Å². The van der Waals surface area contributed by atoms with Crippen molar-refractivity contribution >= 4 is 5.97 Å². The van der Waals surface area contributed by atoms with Gasteiger partial charge in [0.25, 0.3) is 0 Å². The van der Waals surface area contributed by atoms with E-state index in [1.807, 2.05) is 0 Å². The van der Waals surface area contributed by atoms with Crippen molar-refractivity contribution in [2.24, 2.45) is 0 Å². The lowest BCUT2D eigenvalue weighted by Crippen LogP contribution is -2.46. The molecule has 0 bridgehead atoms. The molecule has 2 unspecified atom stereocenters. The molecular formula is C15H28N2O2. The van der Waals surface area contributed by atoms with Gasteiger partial charge in [0, 0.05) is 31.1 Å². The van der Waals surface area contributed by atoms with Gasteiger partial charge in [-0.05, 0) is 39.2 Å². The van der Waals surface area contributed by atoms with E-state index in [1.165, 1.54) is 38.5 Å². The van der Waals surface area contributed by atoms with Crippen LogP contribution in [0.15, 0.2) is 0 Å². The van der Waals surface area contributed by atoms with Gasteiger partial charge in [0.15, 0.2) is 0 Å². The molecule has 2 atom stereocenters. The molecule has 110 valence electrons. The number of nitrogens with zero attached hydrogens (tertiary/aromatic N) is 1. The van der Waals surface area contributed by atoms with Gasteiger partial charge >= 0.3 is 5.97 Å². The SMILES string of the molecule is CC1CCNC(CCC(=O)O)CN1C1CCCCC1. The Morgan fingerprint density at radius 1 is 1.26 bits per heavy atom. The Kier molecular flexibility index (Phi) is 5.64. The normalized spacial score (nSPS) is 31.0. The largest absolute Gasteiger partial charge is 0.481 e. The van der Waals surface area contributed by atoms with Crippen LogP contribution in [0.25, 0.3) is 0 Å². The lowest BCUT2D eigenvalue weighted by Gasteiger charge is -2.38. The molecule has 2 aliphatic rings. The Morgan fingerprint density at radius 3 is 2.68 bits per heavy atom. The Hall–Kier alpha value is -0.610. The van der Waals surface area contributed by atoms with Crippen molar-refractivity contribution in [3.05, 3.63) is 0 Å². The summed E-state index contributed by atoms with van der Waals surface area (Å²) < 4.78 is 0. The van der Waals surface area contributed by atoms with Crippen LogP contribution in [0.4, 0.5) is 0 Å². The average molecular weight is 268 g/mol. The molecule has 1 heterocycles. The number of carboxylic acid groups (broad SMARTS) is 1. The maximum Gasteiger partial charge on any atom is 0.303 e. The lowest BCUT2D eigenvalue weighted by molar-refractivity contribution is -0.137. The maximum atomic E-state index is 10.7. The van der Waals surface area contributed by atoms with Crippen molar-refractivity contribution in [3.8, 4) is 0 Å². The molecule has 0 aromatic heterocycles. The van der Waals surface area contributed by atoms with Crippen molar-refractivity contribution in [1.82, 2.24) is 10.2 Å². The third kappa shape index (κ3) is 4.46. The van der Waals surface area contributed by atoms with Crippen molar-refractivity contribution in [2.75, 3.05) is 13.1 Å². The van der Waals surface area contributed by atoms with E-state index in [2.05, 4.69) is 17.1 Å². The van der Waals surface area contributed by atoms with Crippen LogP contribution in [0.5, 0.6) is 0 Å². The Labute approximate surface area is 116 Å². The van der Waals surface area contributed by atoms with E-state index in [4.69, 9.17) is 5.11 Å². The molecule has 1 saturated heterocycles. The van der Waals surface area contributed by atoms with Crippen molar-refractivity contribution in [3.63, 3.8) is 0 Å². The fraction of sp³-hybridized carbons (Fsp3) is 0.933. The molecule has 2 N–H and O–H groups in total. The van der Waals surface area contributed by atoms with Crippen LogP contribution in [0.3, 0.4) is 0 Å². The molecule has 0 spiro atoms. The number of hydrogen-bond donors (Lipinski definition) is 2. The summed E-state index contributed by atoms with van der Waals surface area (Å²) in [5.74, 6) is -0.677.